The topological polar surface area (TPSA) is 41.5 Å². The van der Waals surface area contributed by atoms with Crippen LogP contribution in [-0.4, -0.2) is 30.9 Å². The lowest BCUT2D eigenvalue weighted by Gasteiger charge is -2.14. The average molecular weight is 320 g/mol. The first-order valence-corrected chi connectivity index (χ1v) is 7.71. The Morgan fingerprint density at radius 3 is 2.70 bits per heavy atom. The molecule has 0 saturated heterocycles. The molecular weight excluding hydrogens is 297 g/mol. The van der Waals surface area contributed by atoms with Gasteiger partial charge in [0.05, 0.1) is 12.2 Å². The molecule has 1 unspecified atom stereocenters. The van der Waals surface area contributed by atoms with Crippen molar-refractivity contribution in [1.29, 1.82) is 0 Å². The fourth-order valence-electron chi connectivity index (χ4n) is 1.79. The third-order valence-electron chi connectivity index (χ3n) is 2.85. The first kappa shape index (κ1) is 17.7. The zero-order valence-electron chi connectivity index (χ0n) is 12.0. The largest absolute Gasteiger partial charge is 0.387 e. The first-order valence-electron chi connectivity index (χ1n) is 6.96. The highest BCUT2D eigenvalue weighted by Crippen LogP contribution is 2.25. The van der Waals surface area contributed by atoms with Crippen LogP contribution in [0.15, 0.2) is 18.2 Å². The molecule has 0 fully saturated rings. The number of rotatable bonds is 9. The summed E-state index contributed by atoms with van der Waals surface area (Å²) in [6, 6.07) is 5.11. The van der Waals surface area contributed by atoms with Crippen molar-refractivity contribution >= 4 is 23.2 Å². The summed E-state index contributed by atoms with van der Waals surface area (Å²) in [5.74, 6) is 0. The van der Waals surface area contributed by atoms with E-state index in [0.29, 0.717) is 22.2 Å². The van der Waals surface area contributed by atoms with Gasteiger partial charge in [0.1, 0.15) is 0 Å². The van der Waals surface area contributed by atoms with Gasteiger partial charge in [-0.15, -0.1) is 0 Å². The van der Waals surface area contributed by atoms with Gasteiger partial charge in [-0.3, -0.25) is 0 Å². The number of benzene rings is 1. The Labute approximate surface area is 131 Å². The van der Waals surface area contributed by atoms with E-state index in [0.717, 1.165) is 26.0 Å². The van der Waals surface area contributed by atoms with Crippen molar-refractivity contribution < 1.29 is 9.84 Å². The van der Waals surface area contributed by atoms with Crippen LogP contribution in [-0.2, 0) is 4.74 Å². The van der Waals surface area contributed by atoms with E-state index in [1.807, 2.05) is 13.8 Å². The lowest BCUT2D eigenvalue weighted by Crippen LogP contribution is -2.23. The Hall–Kier alpha value is -0.320. The summed E-state index contributed by atoms with van der Waals surface area (Å²) in [5, 5.41) is 14.4. The Morgan fingerprint density at radius 2 is 2.00 bits per heavy atom. The molecule has 0 heterocycles. The zero-order valence-corrected chi connectivity index (χ0v) is 13.5. The Kier molecular flexibility index (Phi) is 8.50. The van der Waals surface area contributed by atoms with Gasteiger partial charge in [-0.2, -0.15) is 0 Å². The fourth-order valence-corrected chi connectivity index (χ4v) is 2.21. The number of aliphatic hydroxyl groups excluding tert-OH is 1. The molecule has 0 amide bonds. The van der Waals surface area contributed by atoms with Crippen LogP contribution in [0, 0.1) is 0 Å². The summed E-state index contributed by atoms with van der Waals surface area (Å²) >= 11 is 11.9. The van der Waals surface area contributed by atoms with E-state index < -0.39 is 6.10 Å². The highest BCUT2D eigenvalue weighted by Gasteiger charge is 2.11. The van der Waals surface area contributed by atoms with E-state index in [-0.39, 0.29) is 6.10 Å². The van der Waals surface area contributed by atoms with E-state index in [2.05, 4.69) is 5.32 Å². The molecular formula is C15H23Cl2NO2. The lowest BCUT2D eigenvalue weighted by atomic mass is 10.1. The van der Waals surface area contributed by atoms with Crippen LogP contribution in [0.25, 0.3) is 0 Å². The van der Waals surface area contributed by atoms with Crippen molar-refractivity contribution in [1.82, 2.24) is 5.32 Å². The zero-order chi connectivity index (χ0) is 15.0. The van der Waals surface area contributed by atoms with Gasteiger partial charge in [-0.1, -0.05) is 23.2 Å². The number of halogens is 2. The highest BCUT2D eigenvalue weighted by atomic mass is 35.5. The SMILES string of the molecule is CC(C)OCCCCNCC(O)c1cc(Cl)ccc1Cl. The van der Waals surface area contributed by atoms with E-state index >= 15 is 0 Å². The summed E-state index contributed by atoms with van der Waals surface area (Å²) in [6.07, 6.45) is 1.67. The van der Waals surface area contributed by atoms with E-state index in [4.69, 9.17) is 27.9 Å². The molecule has 2 N–H and O–H groups in total. The van der Waals surface area contributed by atoms with Gasteiger partial charge in [0, 0.05) is 28.8 Å². The Balaban J connectivity index is 2.20. The van der Waals surface area contributed by atoms with E-state index in [9.17, 15) is 5.11 Å². The minimum Gasteiger partial charge on any atom is -0.387 e. The number of ether oxygens (including phenoxy) is 1. The van der Waals surface area contributed by atoms with Gasteiger partial charge >= 0.3 is 0 Å². The first-order chi connectivity index (χ1) is 9.50. The van der Waals surface area contributed by atoms with Crippen LogP contribution in [0.3, 0.4) is 0 Å². The van der Waals surface area contributed by atoms with Crippen molar-refractivity contribution in [2.45, 2.75) is 38.9 Å². The van der Waals surface area contributed by atoms with Crippen LogP contribution in [0.5, 0.6) is 0 Å². The molecule has 1 aromatic rings. The van der Waals surface area contributed by atoms with Crippen LogP contribution in [0.4, 0.5) is 0 Å². The molecule has 0 aromatic heterocycles. The maximum atomic E-state index is 10.1. The van der Waals surface area contributed by atoms with Crippen LogP contribution in [0.1, 0.15) is 38.4 Å². The van der Waals surface area contributed by atoms with E-state index in [1.165, 1.54) is 0 Å². The fraction of sp³-hybridized carbons (Fsp3) is 0.600. The molecule has 3 nitrogen and oxygen atoms in total. The second-order valence-corrected chi connectivity index (χ2v) is 5.86. The van der Waals surface area contributed by atoms with Crippen LogP contribution < -0.4 is 5.32 Å². The number of nitrogens with one attached hydrogen (secondary N) is 1. The predicted octanol–water partition coefficient (Wildman–Crippen LogP) is 3.82. The van der Waals surface area contributed by atoms with Crippen molar-refractivity contribution in [2.75, 3.05) is 19.7 Å². The Morgan fingerprint density at radius 1 is 1.25 bits per heavy atom. The van der Waals surface area contributed by atoms with Crippen molar-refractivity contribution in [3.63, 3.8) is 0 Å². The molecule has 0 aliphatic heterocycles. The molecule has 114 valence electrons. The minimum absolute atomic E-state index is 0.287. The third kappa shape index (κ3) is 6.91. The van der Waals surface area contributed by atoms with E-state index in [1.54, 1.807) is 18.2 Å². The summed E-state index contributed by atoms with van der Waals surface area (Å²) < 4.78 is 5.46. The van der Waals surface area contributed by atoms with Gasteiger partial charge in [0.2, 0.25) is 0 Å². The molecule has 0 aliphatic rings. The number of hydrogen-bond donors (Lipinski definition) is 2. The number of hydrogen-bond acceptors (Lipinski definition) is 3. The molecule has 0 spiro atoms. The smallest absolute Gasteiger partial charge is 0.0929 e. The van der Waals surface area contributed by atoms with Gasteiger partial charge < -0.3 is 15.2 Å². The molecule has 0 radical (unpaired) electrons. The molecule has 0 bridgehead atoms. The van der Waals surface area contributed by atoms with Crippen LogP contribution in [0.2, 0.25) is 10.0 Å². The minimum atomic E-state index is -0.645. The summed E-state index contributed by atoms with van der Waals surface area (Å²) in [7, 11) is 0. The van der Waals surface area contributed by atoms with Crippen molar-refractivity contribution in [3.8, 4) is 0 Å². The normalized spacial score (nSPS) is 12.9. The summed E-state index contributed by atoms with van der Waals surface area (Å²) in [4.78, 5) is 0. The molecule has 0 saturated carbocycles. The van der Waals surface area contributed by atoms with Crippen LogP contribution >= 0.6 is 23.2 Å². The number of aliphatic hydroxyl groups is 1. The van der Waals surface area contributed by atoms with Crippen molar-refractivity contribution in [3.05, 3.63) is 33.8 Å². The number of unbranched alkanes of at least 4 members (excludes halogenated alkanes) is 1. The maximum absolute atomic E-state index is 10.1. The summed E-state index contributed by atoms with van der Waals surface area (Å²) in [6.45, 7) is 6.15. The highest BCUT2D eigenvalue weighted by molar-refractivity contribution is 6.33. The Bertz CT molecular complexity index is 399. The third-order valence-corrected chi connectivity index (χ3v) is 3.43. The summed E-state index contributed by atoms with van der Waals surface area (Å²) in [5.41, 5.74) is 0.662. The second kappa shape index (κ2) is 9.59. The van der Waals surface area contributed by atoms with Crippen molar-refractivity contribution in [2.24, 2.45) is 0 Å². The molecule has 20 heavy (non-hydrogen) atoms. The van der Waals surface area contributed by atoms with Gasteiger partial charge in [-0.25, -0.2) is 0 Å². The average Bonchev–Trinajstić information content (AvgIpc) is 2.39. The standard InChI is InChI=1S/C15H23Cl2NO2/c1-11(2)20-8-4-3-7-18-10-15(19)13-9-12(16)5-6-14(13)17/h5-6,9,11,15,18-19H,3-4,7-8,10H2,1-2H3. The monoisotopic (exact) mass is 319 g/mol. The second-order valence-electron chi connectivity index (χ2n) is 5.01. The molecule has 1 rings (SSSR count). The van der Waals surface area contributed by atoms with Gasteiger partial charge in [0.15, 0.2) is 0 Å². The molecule has 1 aromatic carbocycles. The maximum Gasteiger partial charge on any atom is 0.0929 e. The molecule has 0 aliphatic carbocycles. The van der Waals surface area contributed by atoms with Gasteiger partial charge in [0.25, 0.3) is 0 Å². The predicted molar refractivity (Wildman–Crippen MR) is 84.6 cm³/mol. The van der Waals surface area contributed by atoms with Gasteiger partial charge in [-0.05, 0) is 51.4 Å². The molecule has 1 atom stereocenters. The quantitative estimate of drug-likeness (QED) is 0.680. The lowest BCUT2D eigenvalue weighted by molar-refractivity contribution is 0.0759. The molecule has 5 heteroatoms.